The van der Waals surface area contributed by atoms with Crippen molar-refractivity contribution in [1.29, 1.82) is 0 Å². The van der Waals surface area contributed by atoms with Crippen LogP contribution in [0.1, 0.15) is 35.2 Å². The molecule has 3 rings (SSSR count). The summed E-state index contributed by atoms with van der Waals surface area (Å²) in [6, 6.07) is 6.45. The van der Waals surface area contributed by atoms with Crippen molar-refractivity contribution in [3.05, 3.63) is 35.4 Å². The number of rotatable bonds is 4. The van der Waals surface area contributed by atoms with Gasteiger partial charge in [0.15, 0.2) is 0 Å². The van der Waals surface area contributed by atoms with E-state index in [1.54, 1.807) is 29.2 Å². The van der Waals surface area contributed by atoms with Gasteiger partial charge in [0.05, 0.1) is 5.41 Å². The maximum absolute atomic E-state index is 12.3. The Balaban J connectivity index is 1.58. The first kappa shape index (κ1) is 16.3. The Hall–Kier alpha value is -2.57. The predicted octanol–water partition coefficient (Wildman–Crippen LogP) is 1.18. The van der Waals surface area contributed by atoms with Crippen molar-refractivity contribution in [2.24, 2.45) is 17.1 Å². The minimum absolute atomic E-state index is 0.0515. The molecule has 1 heterocycles. The first-order valence-corrected chi connectivity index (χ1v) is 8.07. The summed E-state index contributed by atoms with van der Waals surface area (Å²) in [5, 5.41) is 12.4. The molecular formula is C17H21N3O4. The van der Waals surface area contributed by atoms with Crippen molar-refractivity contribution in [3.63, 3.8) is 0 Å². The Bertz CT molecular complexity index is 673. The third-order valence-corrected chi connectivity index (χ3v) is 5.27. The molecule has 1 aromatic rings. The van der Waals surface area contributed by atoms with E-state index in [1.165, 1.54) is 0 Å². The second kappa shape index (κ2) is 6.14. The molecule has 1 aliphatic carbocycles. The number of nitrogens with one attached hydrogen (secondary N) is 1. The highest BCUT2D eigenvalue weighted by molar-refractivity contribution is 5.92. The average molecular weight is 331 g/mol. The fourth-order valence-electron chi connectivity index (χ4n) is 3.87. The van der Waals surface area contributed by atoms with Gasteiger partial charge in [0, 0.05) is 25.2 Å². The fourth-order valence-corrected chi connectivity index (χ4v) is 3.87. The van der Waals surface area contributed by atoms with E-state index in [4.69, 9.17) is 5.73 Å². The highest BCUT2D eigenvalue weighted by atomic mass is 16.4. The van der Waals surface area contributed by atoms with Crippen molar-refractivity contribution >= 4 is 17.9 Å². The minimum atomic E-state index is -0.789. The standard InChI is InChI=1S/C17H21N3O4/c18-14(21)12-5-3-11(4-6-12)8-19-16(24)20-9-13-2-1-7-17(13,10-20)15(22)23/h3-6,13H,1-2,7-10H2,(H2,18,21)(H,19,24)(H,22,23)/t13-,17+/m0/s1. The smallest absolute Gasteiger partial charge is 0.317 e. The number of carbonyl (C=O) groups is 3. The lowest BCUT2D eigenvalue weighted by Gasteiger charge is -2.23. The lowest BCUT2D eigenvalue weighted by atomic mass is 9.81. The summed E-state index contributed by atoms with van der Waals surface area (Å²) in [5.74, 6) is -1.23. The molecule has 2 fully saturated rings. The van der Waals surface area contributed by atoms with E-state index in [0.29, 0.717) is 25.1 Å². The van der Waals surface area contributed by atoms with Gasteiger partial charge < -0.3 is 21.1 Å². The highest BCUT2D eigenvalue weighted by Gasteiger charge is 2.55. The van der Waals surface area contributed by atoms with Crippen LogP contribution in [0.25, 0.3) is 0 Å². The molecule has 2 atom stereocenters. The summed E-state index contributed by atoms with van der Waals surface area (Å²) < 4.78 is 0. The number of hydrogen-bond donors (Lipinski definition) is 3. The lowest BCUT2D eigenvalue weighted by Crippen LogP contribution is -2.41. The highest BCUT2D eigenvalue weighted by Crippen LogP contribution is 2.48. The third-order valence-electron chi connectivity index (χ3n) is 5.27. The Kier molecular flexibility index (Phi) is 4.17. The molecule has 2 aliphatic rings. The van der Waals surface area contributed by atoms with Gasteiger partial charge in [0.25, 0.3) is 0 Å². The number of carboxylic acids is 1. The fraction of sp³-hybridized carbons (Fsp3) is 0.471. The van der Waals surface area contributed by atoms with E-state index in [1.807, 2.05) is 0 Å². The van der Waals surface area contributed by atoms with Crippen LogP contribution in [0.5, 0.6) is 0 Å². The van der Waals surface area contributed by atoms with Crippen LogP contribution < -0.4 is 11.1 Å². The first-order chi connectivity index (χ1) is 11.4. The normalized spacial score (nSPS) is 25.3. The van der Waals surface area contributed by atoms with Crippen molar-refractivity contribution in [2.75, 3.05) is 13.1 Å². The van der Waals surface area contributed by atoms with Crippen LogP contribution in [0.4, 0.5) is 4.79 Å². The van der Waals surface area contributed by atoms with Crippen LogP contribution in [0.3, 0.4) is 0 Å². The molecule has 1 saturated heterocycles. The zero-order valence-corrected chi connectivity index (χ0v) is 13.3. The maximum atomic E-state index is 12.3. The summed E-state index contributed by atoms with van der Waals surface area (Å²) in [5.41, 5.74) is 5.69. The number of carbonyl (C=O) groups excluding carboxylic acids is 2. The predicted molar refractivity (Wildman–Crippen MR) is 86.2 cm³/mol. The van der Waals surface area contributed by atoms with Crippen LogP contribution in [0, 0.1) is 11.3 Å². The number of carboxylic acid groups (broad SMARTS) is 1. The van der Waals surface area contributed by atoms with Crippen LogP contribution in [0.15, 0.2) is 24.3 Å². The van der Waals surface area contributed by atoms with E-state index in [2.05, 4.69) is 5.32 Å². The molecule has 3 amide bonds. The number of hydrogen-bond acceptors (Lipinski definition) is 3. The molecule has 1 aliphatic heterocycles. The quantitative estimate of drug-likeness (QED) is 0.769. The number of fused-ring (bicyclic) bond motifs is 1. The van der Waals surface area contributed by atoms with Crippen LogP contribution >= 0.6 is 0 Å². The SMILES string of the molecule is NC(=O)c1ccc(CNC(=O)N2C[C@@H]3CCC[C@@]3(C(=O)O)C2)cc1. The van der Waals surface area contributed by atoms with Crippen molar-refractivity contribution in [2.45, 2.75) is 25.8 Å². The van der Waals surface area contributed by atoms with Crippen LogP contribution in [-0.4, -0.2) is 41.0 Å². The van der Waals surface area contributed by atoms with Gasteiger partial charge in [-0.3, -0.25) is 9.59 Å². The number of benzene rings is 1. The number of likely N-dealkylation sites (tertiary alicyclic amines) is 1. The molecule has 7 heteroatoms. The molecule has 1 saturated carbocycles. The van der Waals surface area contributed by atoms with Crippen molar-refractivity contribution in [3.8, 4) is 0 Å². The summed E-state index contributed by atoms with van der Waals surface area (Å²) >= 11 is 0. The third kappa shape index (κ3) is 2.81. The topological polar surface area (TPSA) is 113 Å². The number of aliphatic carboxylic acids is 1. The average Bonchev–Trinajstić information content (AvgIpc) is 3.11. The molecule has 0 spiro atoms. The van der Waals surface area contributed by atoms with E-state index >= 15 is 0 Å². The van der Waals surface area contributed by atoms with Gasteiger partial charge in [-0.05, 0) is 36.5 Å². The molecule has 0 unspecified atom stereocenters. The number of amides is 3. The largest absolute Gasteiger partial charge is 0.481 e. The van der Waals surface area contributed by atoms with E-state index in [-0.39, 0.29) is 18.5 Å². The van der Waals surface area contributed by atoms with Gasteiger partial charge >= 0.3 is 12.0 Å². The molecular weight excluding hydrogens is 310 g/mol. The molecule has 0 bridgehead atoms. The van der Waals surface area contributed by atoms with E-state index in [9.17, 15) is 19.5 Å². The Morgan fingerprint density at radius 2 is 2.00 bits per heavy atom. The Labute approximate surface area is 139 Å². The summed E-state index contributed by atoms with van der Waals surface area (Å²) in [6.07, 6.45) is 2.43. The van der Waals surface area contributed by atoms with Gasteiger partial charge in [0.1, 0.15) is 0 Å². The van der Waals surface area contributed by atoms with Gasteiger partial charge in [0.2, 0.25) is 5.91 Å². The number of nitrogens with zero attached hydrogens (tertiary/aromatic N) is 1. The van der Waals surface area contributed by atoms with Crippen LogP contribution in [0.2, 0.25) is 0 Å². The van der Waals surface area contributed by atoms with Gasteiger partial charge in [-0.2, -0.15) is 0 Å². The zero-order chi connectivity index (χ0) is 17.3. The number of urea groups is 1. The molecule has 7 nitrogen and oxygen atoms in total. The van der Waals surface area contributed by atoms with Gasteiger partial charge in [-0.25, -0.2) is 4.79 Å². The van der Waals surface area contributed by atoms with Gasteiger partial charge in [-0.1, -0.05) is 18.6 Å². The second-order valence-electron chi connectivity index (χ2n) is 6.65. The molecule has 1 aromatic carbocycles. The zero-order valence-electron chi connectivity index (χ0n) is 13.3. The van der Waals surface area contributed by atoms with E-state index in [0.717, 1.165) is 18.4 Å². The van der Waals surface area contributed by atoms with Gasteiger partial charge in [-0.15, -0.1) is 0 Å². The summed E-state index contributed by atoms with van der Waals surface area (Å²) in [7, 11) is 0. The lowest BCUT2D eigenvalue weighted by molar-refractivity contribution is -0.149. The molecule has 0 aromatic heterocycles. The summed E-state index contributed by atoms with van der Waals surface area (Å²) in [6.45, 7) is 1.09. The second-order valence-corrected chi connectivity index (χ2v) is 6.65. The van der Waals surface area contributed by atoms with E-state index < -0.39 is 17.3 Å². The number of nitrogens with two attached hydrogens (primary N) is 1. The molecule has 128 valence electrons. The monoisotopic (exact) mass is 331 g/mol. The minimum Gasteiger partial charge on any atom is -0.481 e. The molecule has 24 heavy (non-hydrogen) atoms. The Morgan fingerprint density at radius 3 is 2.58 bits per heavy atom. The van der Waals surface area contributed by atoms with Crippen molar-refractivity contribution in [1.82, 2.24) is 10.2 Å². The van der Waals surface area contributed by atoms with Crippen LogP contribution in [-0.2, 0) is 11.3 Å². The number of primary amides is 1. The van der Waals surface area contributed by atoms with Crippen molar-refractivity contribution < 1.29 is 19.5 Å². The molecule has 0 radical (unpaired) electrons. The summed E-state index contributed by atoms with van der Waals surface area (Å²) in [4.78, 5) is 36.6. The first-order valence-electron chi connectivity index (χ1n) is 8.07. The maximum Gasteiger partial charge on any atom is 0.317 e. The Morgan fingerprint density at radius 1 is 1.29 bits per heavy atom. The molecule has 4 N–H and O–H groups in total.